The van der Waals surface area contributed by atoms with Gasteiger partial charge in [-0.05, 0) is 24.4 Å². The summed E-state index contributed by atoms with van der Waals surface area (Å²) in [5, 5.41) is 12.1. The highest BCUT2D eigenvalue weighted by Crippen LogP contribution is 2.40. The van der Waals surface area contributed by atoms with Crippen LogP contribution in [0, 0.1) is 0 Å². The first-order valence-electron chi connectivity index (χ1n) is 5.26. The highest BCUT2D eigenvalue weighted by atomic mass is 32.1. The van der Waals surface area contributed by atoms with Crippen LogP contribution in [-0.4, -0.2) is 5.11 Å². The van der Waals surface area contributed by atoms with Crippen LogP contribution in [0.25, 0.3) is 0 Å². The fourth-order valence-electron chi connectivity index (χ4n) is 1.84. The Morgan fingerprint density at radius 3 is 2.11 bits per heavy atom. The number of benzene rings is 1. The number of hydrogen-bond donors (Lipinski definition) is 1. The molecule has 0 amide bonds. The van der Waals surface area contributed by atoms with Gasteiger partial charge < -0.3 is 5.11 Å². The Kier molecular flexibility index (Phi) is 3.21. The molecule has 1 heterocycles. The van der Waals surface area contributed by atoms with Crippen molar-refractivity contribution >= 4 is 11.3 Å². The van der Waals surface area contributed by atoms with E-state index in [2.05, 4.69) is 0 Å². The molecule has 18 heavy (non-hydrogen) atoms. The summed E-state index contributed by atoms with van der Waals surface area (Å²) in [6.07, 6.45) is -4.47. The number of halogens is 3. The lowest BCUT2D eigenvalue weighted by atomic mass is 9.90. The number of thiophene rings is 1. The lowest BCUT2D eigenvalue weighted by Gasteiger charge is -2.26. The molecule has 1 unspecified atom stereocenters. The van der Waals surface area contributed by atoms with Crippen molar-refractivity contribution in [3.8, 4) is 0 Å². The third kappa shape index (κ3) is 2.28. The van der Waals surface area contributed by atoms with Crippen LogP contribution in [0.15, 0.2) is 41.8 Å². The maximum atomic E-state index is 12.9. The van der Waals surface area contributed by atoms with Crippen LogP contribution in [0.3, 0.4) is 0 Å². The molecule has 0 spiro atoms. The molecule has 0 saturated heterocycles. The normalized spacial score (nSPS) is 15.4. The number of alkyl halides is 3. The number of hydrogen-bond acceptors (Lipinski definition) is 2. The van der Waals surface area contributed by atoms with Crippen molar-refractivity contribution in [3.05, 3.63) is 57.8 Å². The van der Waals surface area contributed by atoms with E-state index in [0.29, 0.717) is 4.88 Å². The quantitative estimate of drug-likeness (QED) is 0.875. The molecule has 2 aromatic rings. The minimum absolute atomic E-state index is 0.125. The van der Waals surface area contributed by atoms with Crippen molar-refractivity contribution in [1.29, 1.82) is 0 Å². The van der Waals surface area contributed by atoms with E-state index in [0.717, 1.165) is 6.07 Å². The Morgan fingerprint density at radius 1 is 1.00 bits per heavy atom. The van der Waals surface area contributed by atoms with E-state index in [1.165, 1.54) is 36.5 Å². The van der Waals surface area contributed by atoms with Crippen molar-refractivity contribution < 1.29 is 18.3 Å². The van der Waals surface area contributed by atoms with Crippen LogP contribution in [0.5, 0.6) is 0 Å². The Labute approximate surface area is 107 Å². The van der Waals surface area contributed by atoms with Crippen LogP contribution in [0.4, 0.5) is 13.2 Å². The Hall–Kier alpha value is -1.33. The highest BCUT2D eigenvalue weighted by molar-refractivity contribution is 7.10. The van der Waals surface area contributed by atoms with E-state index < -0.39 is 17.3 Å². The van der Waals surface area contributed by atoms with Gasteiger partial charge in [0.05, 0.1) is 5.56 Å². The SMILES string of the molecule is CC(O)(c1cccs1)c1ccccc1C(F)(F)F. The van der Waals surface area contributed by atoms with Crippen LogP contribution < -0.4 is 0 Å². The summed E-state index contributed by atoms with van der Waals surface area (Å²) in [7, 11) is 0. The van der Waals surface area contributed by atoms with E-state index in [-0.39, 0.29) is 5.56 Å². The van der Waals surface area contributed by atoms with Gasteiger partial charge in [-0.2, -0.15) is 13.2 Å². The number of aliphatic hydroxyl groups is 1. The van der Waals surface area contributed by atoms with Crippen molar-refractivity contribution in [3.63, 3.8) is 0 Å². The van der Waals surface area contributed by atoms with Crippen LogP contribution in [-0.2, 0) is 11.8 Å². The zero-order valence-electron chi connectivity index (χ0n) is 9.53. The fraction of sp³-hybridized carbons (Fsp3) is 0.231. The first-order valence-corrected chi connectivity index (χ1v) is 6.14. The molecular weight excluding hydrogens is 261 g/mol. The van der Waals surface area contributed by atoms with E-state index in [1.807, 2.05) is 0 Å². The molecule has 1 aromatic heterocycles. The lowest BCUT2D eigenvalue weighted by Crippen LogP contribution is -2.25. The maximum absolute atomic E-state index is 12.9. The second-order valence-electron chi connectivity index (χ2n) is 4.09. The molecule has 0 fully saturated rings. The molecule has 0 aliphatic rings. The topological polar surface area (TPSA) is 20.2 Å². The third-order valence-electron chi connectivity index (χ3n) is 2.76. The molecule has 1 atom stereocenters. The maximum Gasteiger partial charge on any atom is 0.416 e. The minimum Gasteiger partial charge on any atom is -0.380 e. The van der Waals surface area contributed by atoms with Gasteiger partial charge in [0.25, 0.3) is 0 Å². The smallest absolute Gasteiger partial charge is 0.380 e. The summed E-state index contributed by atoms with van der Waals surface area (Å²) in [6.45, 7) is 1.38. The second-order valence-corrected chi connectivity index (χ2v) is 5.04. The molecule has 0 saturated carbocycles. The molecule has 0 bridgehead atoms. The molecule has 2 rings (SSSR count). The van der Waals surface area contributed by atoms with Gasteiger partial charge in [-0.3, -0.25) is 0 Å². The van der Waals surface area contributed by atoms with Gasteiger partial charge in [0, 0.05) is 10.4 Å². The van der Waals surface area contributed by atoms with Gasteiger partial charge in [0.1, 0.15) is 5.60 Å². The Bertz CT molecular complexity index is 529. The molecule has 1 N–H and O–H groups in total. The highest BCUT2D eigenvalue weighted by Gasteiger charge is 2.39. The average molecular weight is 272 g/mol. The molecule has 0 aliphatic carbocycles. The number of rotatable bonds is 2. The predicted octanol–water partition coefficient (Wildman–Crippen LogP) is 4.02. The van der Waals surface area contributed by atoms with Gasteiger partial charge in [-0.15, -0.1) is 11.3 Å². The van der Waals surface area contributed by atoms with Crippen molar-refractivity contribution in [1.82, 2.24) is 0 Å². The first-order chi connectivity index (χ1) is 8.33. The van der Waals surface area contributed by atoms with E-state index >= 15 is 0 Å². The predicted molar refractivity (Wildman–Crippen MR) is 64.4 cm³/mol. The molecule has 1 nitrogen and oxygen atoms in total. The monoisotopic (exact) mass is 272 g/mol. The summed E-state index contributed by atoms with van der Waals surface area (Å²) in [5.41, 5.74) is -2.57. The van der Waals surface area contributed by atoms with Crippen LogP contribution in [0.2, 0.25) is 0 Å². The third-order valence-corrected chi connectivity index (χ3v) is 3.84. The fourth-order valence-corrected chi connectivity index (χ4v) is 2.64. The Morgan fingerprint density at radius 2 is 1.61 bits per heavy atom. The molecule has 5 heteroatoms. The summed E-state index contributed by atoms with van der Waals surface area (Å²) in [5.74, 6) is 0. The molecule has 96 valence electrons. The summed E-state index contributed by atoms with van der Waals surface area (Å²) in [6, 6.07) is 8.42. The molecule has 0 aliphatic heterocycles. The zero-order chi connectivity index (χ0) is 13.4. The van der Waals surface area contributed by atoms with Gasteiger partial charge in [-0.1, -0.05) is 24.3 Å². The summed E-state index contributed by atoms with van der Waals surface area (Å²) < 4.78 is 38.7. The zero-order valence-corrected chi connectivity index (χ0v) is 10.3. The Balaban J connectivity index is 2.58. The van der Waals surface area contributed by atoms with Gasteiger partial charge >= 0.3 is 6.18 Å². The van der Waals surface area contributed by atoms with Crippen LogP contribution in [0.1, 0.15) is 22.9 Å². The molecule has 0 radical (unpaired) electrons. The van der Waals surface area contributed by atoms with Gasteiger partial charge in [0.15, 0.2) is 0 Å². The van der Waals surface area contributed by atoms with Gasteiger partial charge in [-0.25, -0.2) is 0 Å². The second kappa shape index (κ2) is 4.40. The molecular formula is C13H11F3OS. The van der Waals surface area contributed by atoms with Crippen molar-refractivity contribution in [2.45, 2.75) is 18.7 Å². The van der Waals surface area contributed by atoms with Crippen molar-refractivity contribution in [2.75, 3.05) is 0 Å². The van der Waals surface area contributed by atoms with Crippen molar-refractivity contribution in [2.24, 2.45) is 0 Å². The van der Waals surface area contributed by atoms with E-state index in [9.17, 15) is 18.3 Å². The van der Waals surface area contributed by atoms with E-state index in [4.69, 9.17) is 0 Å². The van der Waals surface area contributed by atoms with Gasteiger partial charge in [0.2, 0.25) is 0 Å². The van der Waals surface area contributed by atoms with Crippen LogP contribution >= 0.6 is 11.3 Å². The van der Waals surface area contributed by atoms with E-state index in [1.54, 1.807) is 17.5 Å². The summed E-state index contributed by atoms with van der Waals surface area (Å²) in [4.78, 5) is 0.485. The summed E-state index contributed by atoms with van der Waals surface area (Å²) >= 11 is 1.23. The minimum atomic E-state index is -4.47. The molecule has 1 aromatic carbocycles. The standard InChI is InChI=1S/C13H11F3OS/c1-12(17,11-7-4-8-18-11)9-5-2-3-6-10(9)13(14,15)16/h2-8,17H,1H3. The first kappa shape index (κ1) is 13.1. The average Bonchev–Trinajstić information content (AvgIpc) is 2.82. The lowest BCUT2D eigenvalue weighted by molar-refractivity contribution is -0.139. The largest absolute Gasteiger partial charge is 0.416 e.